The number of rotatable bonds is 3. The third-order valence-corrected chi connectivity index (χ3v) is 2.31. The van der Waals surface area contributed by atoms with Crippen molar-refractivity contribution in [2.45, 2.75) is 33.2 Å². The van der Waals surface area contributed by atoms with E-state index in [9.17, 15) is 4.79 Å². The minimum atomic E-state index is -0.223. The molecule has 4 heteroatoms. The van der Waals surface area contributed by atoms with Crippen molar-refractivity contribution in [3.63, 3.8) is 0 Å². The number of carbonyl (C=O) groups is 1. The predicted molar refractivity (Wildman–Crippen MR) is 72.3 cm³/mol. The first-order chi connectivity index (χ1) is 8.31. The van der Waals surface area contributed by atoms with Crippen LogP contribution in [0.2, 0.25) is 0 Å². The van der Waals surface area contributed by atoms with E-state index in [-0.39, 0.29) is 18.0 Å². The summed E-state index contributed by atoms with van der Waals surface area (Å²) in [6.45, 7) is 7.92. The van der Waals surface area contributed by atoms with Crippen LogP contribution in [0, 0.1) is 18.3 Å². The Morgan fingerprint density at radius 3 is 2.56 bits per heavy atom. The van der Waals surface area contributed by atoms with Crippen LogP contribution >= 0.6 is 0 Å². The van der Waals surface area contributed by atoms with Crippen molar-refractivity contribution in [1.82, 2.24) is 5.32 Å². The lowest BCUT2D eigenvalue weighted by molar-refractivity contribution is -0.120. The van der Waals surface area contributed by atoms with E-state index in [0.717, 1.165) is 11.3 Å². The highest BCUT2D eigenvalue weighted by molar-refractivity contribution is 5.81. The molecule has 1 aromatic carbocycles. The topological polar surface area (TPSA) is 64.9 Å². The van der Waals surface area contributed by atoms with Crippen molar-refractivity contribution in [2.75, 3.05) is 11.9 Å². The number of hydrogen-bond donors (Lipinski definition) is 2. The highest BCUT2D eigenvalue weighted by Crippen LogP contribution is 2.13. The number of nitriles is 1. The Morgan fingerprint density at radius 2 is 2.06 bits per heavy atom. The van der Waals surface area contributed by atoms with Crippen LogP contribution in [-0.4, -0.2) is 18.0 Å². The van der Waals surface area contributed by atoms with Crippen molar-refractivity contribution < 1.29 is 4.79 Å². The van der Waals surface area contributed by atoms with Gasteiger partial charge in [0.1, 0.15) is 0 Å². The number of anilines is 1. The second kappa shape index (κ2) is 5.54. The minimum absolute atomic E-state index is 0.0514. The number of carbonyl (C=O) groups excluding carboxylic acids is 1. The van der Waals surface area contributed by atoms with Gasteiger partial charge in [-0.15, -0.1) is 0 Å². The molecule has 0 saturated heterocycles. The summed E-state index contributed by atoms with van der Waals surface area (Å²) in [5, 5.41) is 14.7. The quantitative estimate of drug-likeness (QED) is 0.858. The van der Waals surface area contributed by atoms with Gasteiger partial charge in [0.2, 0.25) is 5.91 Å². The number of hydrogen-bond acceptors (Lipinski definition) is 3. The second-order valence-electron chi connectivity index (χ2n) is 5.29. The van der Waals surface area contributed by atoms with Crippen molar-refractivity contribution >= 4 is 11.6 Å². The molecule has 0 atom stereocenters. The first-order valence-electron chi connectivity index (χ1n) is 5.87. The van der Waals surface area contributed by atoms with Gasteiger partial charge < -0.3 is 10.6 Å². The Labute approximate surface area is 108 Å². The molecule has 1 rings (SSSR count). The van der Waals surface area contributed by atoms with Gasteiger partial charge >= 0.3 is 0 Å². The molecule has 4 nitrogen and oxygen atoms in total. The largest absolute Gasteiger partial charge is 0.376 e. The van der Waals surface area contributed by atoms with Crippen molar-refractivity contribution in [3.05, 3.63) is 29.3 Å². The van der Waals surface area contributed by atoms with E-state index in [1.165, 1.54) is 0 Å². The monoisotopic (exact) mass is 245 g/mol. The van der Waals surface area contributed by atoms with Gasteiger partial charge in [-0.25, -0.2) is 0 Å². The van der Waals surface area contributed by atoms with Gasteiger partial charge in [0, 0.05) is 11.2 Å². The molecule has 1 amide bonds. The van der Waals surface area contributed by atoms with Crippen LogP contribution in [0.3, 0.4) is 0 Å². The molecule has 18 heavy (non-hydrogen) atoms. The zero-order valence-corrected chi connectivity index (χ0v) is 11.3. The molecule has 0 heterocycles. The molecule has 96 valence electrons. The minimum Gasteiger partial charge on any atom is -0.376 e. The summed E-state index contributed by atoms with van der Waals surface area (Å²) in [4.78, 5) is 11.6. The molecular weight excluding hydrogens is 226 g/mol. The normalized spacial score (nSPS) is 10.6. The molecule has 0 aliphatic heterocycles. The first kappa shape index (κ1) is 14.0. The van der Waals surface area contributed by atoms with E-state index in [2.05, 4.69) is 16.7 Å². The first-order valence-corrected chi connectivity index (χ1v) is 5.87. The van der Waals surface area contributed by atoms with Gasteiger partial charge in [0.15, 0.2) is 0 Å². The number of nitrogens with one attached hydrogen (secondary N) is 2. The highest BCUT2D eigenvalue weighted by atomic mass is 16.2. The zero-order chi connectivity index (χ0) is 13.8. The Balaban J connectivity index is 2.57. The molecule has 0 aromatic heterocycles. The Hall–Kier alpha value is -2.02. The smallest absolute Gasteiger partial charge is 0.239 e. The summed E-state index contributed by atoms with van der Waals surface area (Å²) in [6, 6.07) is 7.53. The molecular formula is C14H19N3O. The average molecular weight is 245 g/mol. The maximum atomic E-state index is 11.6. The SMILES string of the molecule is Cc1cc(NCC(=O)NC(C)(C)C)ccc1C#N. The second-order valence-corrected chi connectivity index (χ2v) is 5.29. The van der Waals surface area contributed by atoms with Gasteiger partial charge in [0.25, 0.3) is 0 Å². The number of amides is 1. The Morgan fingerprint density at radius 1 is 1.39 bits per heavy atom. The highest BCUT2D eigenvalue weighted by Gasteiger charge is 2.13. The molecule has 0 bridgehead atoms. The standard InChI is InChI=1S/C14H19N3O/c1-10-7-12(6-5-11(10)8-15)16-9-13(18)17-14(2,3)4/h5-7,16H,9H2,1-4H3,(H,17,18). The lowest BCUT2D eigenvalue weighted by atomic mass is 10.1. The van der Waals surface area contributed by atoms with E-state index < -0.39 is 0 Å². The van der Waals surface area contributed by atoms with E-state index in [4.69, 9.17) is 5.26 Å². The number of benzene rings is 1. The van der Waals surface area contributed by atoms with Crippen LogP contribution in [0.15, 0.2) is 18.2 Å². The fourth-order valence-electron chi connectivity index (χ4n) is 1.54. The molecule has 0 saturated carbocycles. The molecule has 0 radical (unpaired) electrons. The van der Waals surface area contributed by atoms with Gasteiger partial charge in [-0.05, 0) is 51.5 Å². The predicted octanol–water partition coefficient (Wildman–Crippen LogP) is 2.19. The summed E-state index contributed by atoms with van der Waals surface area (Å²) in [7, 11) is 0. The Kier molecular flexibility index (Phi) is 4.33. The molecule has 0 spiro atoms. The van der Waals surface area contributed by atoms with Crippen LogP contribution in [0.5, 0.6) is 0 Å². The summed E-state index contributed by atoms with van der Waals surface area (Å²) < 4.78 is 0. The van der Waals surface area contributed by atoms with Crippen LogP contribution in [0.4, 0.5) is 5.69 Å². The Bertz CT molecular complexity index is 481. The van der Waals surface area contributed by atoms with Crippen LogP contribution in [0.25, 0.3) is 0 Å². The van der Waals surface area contributed by atoms with Gasteiger partial charge in [-0.1, -0.05) is 0 Å². The van der Waals surface area contributed by atoms with E-state index in [1.807, 2.05) is 33.8 Å². The summed E-state index contributed by atoms with van der Waals surface area (Å²) in [5.41, 5.74) is 2.17. The third kappa shape index (κ3) is 4.46. The molecule has 0 aliphatic carbocycles. The summed E-state index contributed by atoms with van der Waals surface area (Å²) in [5.74, 6) is -0.0514. The van der Waals surface area contributed by atoms with Crippen molar-refractivity contribution in [1.29, 1.82) is 5.26 Å². The summed E-state index contributed by atoms with van der Waals surface area (Å²) in [6.07, 6.45) is 0. The number of nitrogens with zero attached hydrogens (tertiary/aromatic N) is 1. The van der Waals surface area contributed by atoms with E-state index in [1.54, 1.807) is 12.1 Å². The van der Waals surface area contributed by atoms with E-state index in [0.29, 0.717) is 5.56 Å². The van der Waals surface area contributed by atoms with Gasteiger partial charge in [0.05, 0.1) is 18.2 Å². The number of aryl methyl sites for hydroxylation is 1. The molecule has 2 N–H and O–H groups in total. The third-order valence-electron chi connectivity index (χ3n) is 2.31. The van der Waals surface area contributed by atoms with Crippen molar-refractivity contribution in [3.8, 4) is 6.07 Å². The fourth-order valence-corrected chi connectivity index (χ4v) is 1.54. The van der Waals surface area contributed by atoms with Crippen LogP contribution < -0.4 is 10.6 Å². The van der Waals surface area contributed by atoms with Gasteiger partial charge in [-0.3, -0.25) is 4.79 Å². The van der Waals surface area contributed by atoms with Crippen LogP contribution in [-0.2, 0) is 4.79 Å². The summed E-state index contributed by atoms with van der Waals surface area (Å²) >= 11 is 0. The van der Waals surface area contributed by atoms with Crippen LogP contribution in [0.1, 0.15) is 31.9 Å². The maximum Gasteiger partial charge on any atom is 0.239 e. The fraction of sp³-hybridized carbons (Fsp3) is 0.429. The van der Waals surface area contributed by atoms with E-state index >= 15 is 0 Å². The zero-order valence-electron chi connectivity index (χ0n) is 11.3. The maximum absolute atomic E-state index is 11.6. The molecule has 0 aliphatic rings. The lowest BCUT2D eigenvalue weighted by Gasteiger charge is -2.20. The molecule has 0 unspecified atom stereocenters. The van der Waals surface area contributed by atoms with Crippen molar-refractivity contribution in [2.24, 2.45) is 0 Å². The molecule has 0 fully saturated rings. The average Bonchev–Trinajstić information content (AvgIpc) is 2.24. The van der Waals surface area contributed by atoms with Gasteiger partial charge in [-0.2, -0.15) is 5.26 Å². The molecule has 1 aromatic rings. The lowest BCUT2D eigenvalue weighted by Crippen LogP contribution is -2.43.